The van der Waals surface area contributed by atoms with Gasteiger partial charge in [0.25, 0.3) is 5.91 Å². The minimum Gasteiger partial charge on any atom is -0.332 e. The van der Waals surface area contributed by atoms with Crippen molar-refractivity contribution in [1.82, 2.24) is 5.32 Å². The van der Waals surface area contributed by atoms with Gasteiger partial charge in [0.15, 0.2) is 5.11 Å². The van der Waals surface area contributed by atoms with Gasteiger partial charge in [-0.2, -0.15) is 0 Å². The van der Waals surface area contributed by atoms with E-state index in [1.807, 2.05) is 44.2 Å². The number of benzene rings is 2. The fourth-order valence-electron chi connectivity index (χ4n) is 2.49. The lowest BCUT2D eigenvalue weighted by atomic mass is 10.1. The van der Waals surface area contributed by atoms with E-state index in [0.717, 1.165) is 33.2 Å². The number of hydrogen-bond acceptors (Lipinski definition) is 3. The SMILES string of the molecule is Cc1ccc(C(=O)NC(=S)Nc2ccc(C)c(NC(=O)C3CC3)c2)cc1I. The molecule has 0 radical (unpaired) electrons. The predicted octanol–water partition coefficient (Wildman–Crippen LogP) is 4.38. The van der Waals surface area contributed by atoms with Crippen LogP contribution in [0.1, 0.15) is 34.3 Å². The zero-order valence-electron chi connectivity index (χ0n) is 15.1. The molecule has 1 fully saturated rings. The molecule has 7 heteroatoms. The Labute approximate surface area is 177 Å². The summed E-state index contributed by atoms with van der Waals surface area (Å²) < 4.78 is 1.02. The van der Waals surface area contributed by atoms with Crippen molar-refractivity contribution in [2.24, 2.45) is 5.92 Å². The normalized spacial score (nSPS) is 13.0. The van der Waals surface area contributed by atoms with Crippen molar-refractivity contribution in [2.45, 2.75) is 26.7 Å². The first-order valence-corrected chi connectivity index (χ1v) is 10.1. The van der Waals surface area contributed by atoms with Crippen LogP contribution in [0.25, 0.3) is 0 Å². The molecule has 140 valence electrons. The third-order valence-electron chi connectivity index (χ3n) is 4.36. The summed E-state index contributed by atoms with van der Waals surface area (Å²) in [5, 5.41) is 8.85. The number of hydrogen-bond donors (Lipinski definition) is 3. The number of rotatable bonds is 4. The molecule has 0 unspecified atom stereocenters. The smallest absolute Gasteiger partial charge is 0.257 e. The number of nitrogens with one attached hydrogen (secondary N) is 3. The van der Waals surface area contributed by atoms with Gasteiger partial charge >= 0.3 is 0 Å². The van der Waals surface area contributed by atoms with Crippen LogP contribution in [0.2, 0.25) is 0 Å². The van der Waals surface area contributed by atoms with Crippen LogP contribution in [0.15, 0.2) is 36.4 Å². The zero-order chi connectivity index (χ0) is 19.6. The van der Waals surface area contributed by atoms with Gasteiger partial charge in [-0.3, -0.25) is 14.9 Å². The maximum Gasteiger partial charge on any atom is 0.257 e. The van der Waals surface area contributed by atoms with E-state index in [0.29, 0.717) is 11.3 Å². The molecule has 2 aromatic carbocycles. The number of thiocarbonyl (C=S) groups is 1. The van der Waals surface area contributed by atoms with Crippen molar-refractivity contribution in [1.29, 1.82) is 0 Å². The minimum atomic E-state index is -0.264. The molecule has 2 amide bonds. The molecule has 3 N–H and O–H groups in total. The Morgan fingerprint density at radius 1 is 1.04 bits per heavy atom. The standard InChI is InChI=1S/C20H20IN3O2S/c1-11-3-5-14(9-16(11)21)19(26)24-20(27)22-15-8-4-12(2)17(10-15)23-18(25)13-6-7-13/h3-5,8-10,13H,6-7H2,1-2H3,(H,23,25)(H2,22,24,26,27). The molecular weight excluding hydrogens is 473 g/mol. The van der Waals surface area contributed by atoms with Gasteiger partial charge in [0.05, 0.1) is 0 Å². The minimum absolute atomic E-state index is 0.0557. The van der Waals surface area contributed by atoms with Gasteiger partial charge < -0.3 is 10.6 Å². The Kier molecular flexibility index (Phi) is 6.11. The molecule has 2 aromatic rings. The lowest BCUT2D eigenvalue weighted by molar-refractivity contribution is -0.117. The van der Waals surface area contributed by atoms with E-state index >= 15 is 0 Å². The van der Waals surface area contributed by atoms with Crippen LogP contribution in [0.4, 0.5) is 11.4 Å². The van der Waals surface area contributed by atoms with E-state index in [9.17, 15) is 9.59 Å². The van der Waals surface area contributed by atoms with Crippen LogP contribution in [0.3, 0.4) is 0 Å². The second kappa shape index (κ2) is 8.35. The summed E-state index contributed by atoms with van der Waals surface area (Å²) >= 11 is 7.45. The highest BCUT2D eigenvalue weighted by molar-refractivity contribution is 14.1. The van der Waals surface area contributed by atoms with Crippen molar-refractivity contribution in [3.05, 3.63) is 56.7 Å². The van der Waals surface area contributed by atoms with Gasteiger partial charge in [0, 0.05) is 26.4 Å². The fourth-order valence-corrected chi connectivity index (χ4v) is 3.21. The summed E-state index contributed by atoms with van der Waals surface area (Å²) in [5.41, 5.74) is 4.09. The van der Waals surface area contributed by atoms with E-state index in [4.69, 9.17) is 12.2 Å². The molecule has 0 heterocycles. The summed E-state index contributed by atoms with van der Waals surface area (Å²) in [6.07, 6.45) is 1.91. The summed E-state index contributed by atoms with van der Waals surface area (Å²) in [5.74, 6) is -0.0708. The van der Waals surface area contributed by atoms with Crippen LogP contribution >= 0.6 is 34.8 Å². The molecule has 0 saturated heterocycles. The summed E-state index contributed by atoms with van der Waals surface area (Å²) in [6, 6.07) is 11.1. The number of carbonyl (C=O) groups is 2. The van der Waals surface area contributed by atoms with Crippen molar-refractivity contribution in [3.8, 4) is 0 Å². The van der Waals surface area contributed by atoms with Crippen LogP contribution in [0, 0.1) is 23.3 Å². The van der Waals surface area contributed by atoms with E-state index < -0.39 is 0 Å². The number of amides is 2. The highest BCUT2D eigenvalue weighted by atomic mass is 127. The molecule has 0 bridgehead atoms. The average Bonchev–Trinajstić information content (AvgIpc) is 3.45. The number of anilines is 2. The highest BCUT2D eigenvalue weighted by Gasteiger charge is 2.29. The van der Waals surface area contributed by atoms with Gasteiger partial charge in [-0.25, -0.2) is 0 Å². The Bertz CT molecular complexity index is 925. The van der Waals surface area contributed by atoms with Gasteiger partial charge in [-0.15, -0.1) is 0 Å². The quantitative estimate of drug-likeness (QED) is 0.437. The molecule has 0 atom stereocenters. The molecule has 5 nitrogen and oxygen atoms in total. The summed E-state index contributed by atoms with van der Waals surface area (Å²) in [6.45, 7) is 3.93. The number of aryl methyl sites for hydroxylation is 2. The average molecular weight is 493 g/mol. The molecule has 0 aliphatic heterocycles. The molecule has 27 heavy (non-hydrogen) atoms. The van der Waals surface area contributed by atoms with Crippen LogP contribution in [-0.2, 0) is 4.79 Å². The van der Waals surface area contributed by atoms with E-state index in [1.165, 1.54) is 0 Å². The zero-order valence-corrected chi connectivity index (χ0v) is 18.0. The molecule has 0 aromatic heterocycles. The third kappa shape index (κ3) is 5.26. The Balaban J connectivity index is 1.63. The second-order valence-corrected chi connectivity index (χ2v) is 8.24. The fraction of sp³-hybridized carbons (Fsp3) is 0.250. The Hall–Kier alpha value is -2.00. The summed E-state index contributed by atoms with van der Waals surface area (Å²) in [4.78, 5) is 24.4. The lowest BCUT2D eigenvalue weighted by Gasteiger charge is -2.13. The highest BCUT2D eigenvalue weighted by Crippen LogP contribution is 2.31. The van der Waals surface area contributed by atoms with Gasteiger partial charge in [-0.1, -0.05) is 12.1 Å². The Morgan fingerprint density at radius 2 is 1.74 bits per heavy atom. The van der Waals surface area contributed by atoms with Crippen molar-refractivity contribution >= 4 is 63.1 Å². The van der Waals surface area contributed by atoms with E-state index in [2.05, 4.69) is 38.5 Å². The van der Waals surface area contributed by atoms with Crippen LogP contribution in [0.5, 0.6) is 0 Å². The molecule has 1 aliphatic rings. The topological polar surface area (TPSA) is 70.2 Å². The second-order valence-electron chi connectivity index (χ2n) is 6.67. The van der Waals surface area contributed by atoms with Crippen molar-refractivity contribution in [2.75, 3.05) is 10.6 Å². The molecule has 3 rings (SSSR count). The van der Waals surface area contributed by atoms with Crippen molar-refractivity contribution in [3.63, 3.8) is 0 Å². The largest absolute Gasteiger partial charge is 0.332 e. The first-order chi connectivity index (χ1) is 12.8. The van der Waals surface area contributed by atoms with E-state index in [-0.39, 0.29) is 22.8 Å². The van der Waals surface area contributed by atoms with Crippen molar-refractivity contribution < 1.29 is 9.59 Å². The third-order valence-corrected chi connectivity index (χ3v) is 5.73. The van der Waals surface area contributed by atoms with Gasteiger partial charge in [0.1, 0.15) is 0 Å². The number of halogens is 1. The summed E-state index contributed by atoms with van der Waals surface area (Å²) in [7, 11) is 0. The number of carbonyl (C=O) groups excluding carboxylic acids is 2. The monoisotopic (exact) mass is 493 g/mol. The molecule has 1 saturated carbocycles. The maximum atomic E-state index is 12.4. The van der Waals surface area contributed by atoms with Gasteiger partial charge in [-0.05, 0) is 96.9 Å². The maximum absolute atomic E-state index is 12.4. The predicted molar refractivity (Wildman–Crippen MR) is 120 cm³/mol. The molecule has 1 aliphatic carbocycles. The van der Waals surface area contributed by atoms with Gasteiger partial charge in [0.2, 0.25) is 5.91 Å². The van der Waals surface area contributed by atoms with Crippen LogP contribution < -0.4 is 16.0 Å². The van der Waals surface area contributed by atoms with E-state index in [1.54, 1.807) is 6.07 Å². The Morgan fingerprint density at radius 3 is 2.41 bits per heavy atom. The first-order valence-electron chi connectivity index (χ1n) is 8.63. The lowest BCUT2D eigenvalue weighted by Crippen LogP contribution is -2.34. The van der Waals surface area contributed by atoms with Crippen LogP contribution in [-0.4, -0.2) is 16.9 Å². The molecule has 0 spiro atoms. The first kappa shape index (κ1) is 19.8. The molecular formula is C20H20IN3O2S.